The zero-order valence-corrected chi connectivity index (χ0v) is 11.5. The summed E-state index contributed by atoms with van der Waals surface area (Å²) >= 11 is 0. The van der Waals surface area contributed by atoms with E-state index in [0.717, 1.165) is 25.2 Å². The first-order valence-corrected chi connectivity index (χ1v) is 6.84. The van der Waals surface area contributed by atoms with Crippen molar-refractivity contribution in [1.82, 2.24) is 0 Å². The molecular formula is C15H23NO2. The highest BCUT2D eigenvalue weighted by Crippen LogP contribution is 2.29. The number of ether oxygens (including phenoxy) is 2. The molecule has 0 bridgehead atoms. The first kappa shape index (κ1) is 13.2. The van der Waals surface area contributed by atoms with Gasteiger partial charge in [0.05, 0.1) is 12.7 Å². The molecule has 18 heavy (non-hydrogen) atoms. The molecule has 0 amide bonds. The topological polar surface area (TPSA) is 30.5 Å². The molecular weight excluding hydrogens is 226 g/mol. The van der Waals surface area contributed by atoms with Crippen molar-refractivity contribution in [2.24, 2.45) is 0 Å². The van der Waals surface area contributed by atoms with Crippen molar-refractivity contribution in [2.75, 3.05) is 18.5 Å². The predicted octanol–water partition coefficient (Wildman–Crippen LogP) is 3.37. The molecule has 1 aliphatic carbocycles. The van der Waals surface area contributed by atoms with Crippen LogP contribution in [0.3, 0.4) is 0 Å². The third-order valence-electron chi connectivity index (χ3n) is 3.37. The van der Waals surface area contributed by atoms with Gasteiger partial charge in [-0.1, -0.05) is 0 Å². The Morgan fingerprint density at radius 2 is 2.00 bits per heavy atom. The summed E-state index contributed by atoms with van der Waals surface area (Å²) in [5.74, 6) is 0.946. The van der Waals surface area contributed by atoms with E-state index in [9.17, 15) is 0 Å². The average molecular weight is 249 g/mol. The lowest BCUT2D eigenvalue weighted by molar-refractivity contribution is 0.00298. The lowest BCUT2D eigenvalue weighted by atomic mass is 9.89. The lowest BCUT2D eigenvalue weighted by Crippen LogP contribution is -2.40. The highest BCUT2D eigenvalue weighted by molar-refractivity contribution is 5.54. The Morgan fingerprint density at radius 1 is 1.22 bits per heavy atom. The molecule has 100 valence electrons. The van der Waals surface area contributed by atoms with Gasteiger partial charge in [-0.05, 0) is 57.4 Å². The molecule has 1 aromatic rings. The number of anilines is 1. The molecule has 1 fully saturated rings. The van der Waals surface area contributed by atoms with E-state index in [1.807, 2.05) is 13.0 Å². The van der Waals surface area contributed by atoms with E-state index in [1.54, 1.807) is 0 Å². The Bertz CT molecular complexity index is 386. The zero-order valence-electron chi connectivity index (χ0n) is 11.5. The summed E-state index contributed by atoms with van der Waals surface area (Å²) in [5, 5.41) is 3.57. The maximum atomic E-state index is 5.57. The highest BCUT2D eigenvalue weighted by atomic mass is 16.5. The van der Waals surface area contributed by atoms with Gasteiger partial charge in [-0.3, -0.25) is 0 Å². The predicted molar refractivity (Wildman–Crippen MR) is 74.4 cm³/mol. The van der Waals surface area contributed by atoms with Gasteiger partial charge in [-0.15, -0.1) is 0 Å². The first-order valence-electron chi connectivity index (χ1n) is 6.84. The van der Waals surface area contributed by atoms with Gasteiger partial charge in [0, 0.05) is 18.3 Å². The molecule has 0 aromatic heterocycles. The van der Waals surface area contributed by atoms with Crippen molar-refractivity contribution in [3.8, 4) is 5.75 Å². The van der Waals surface area contributed by atoms with Crippen LogP contribution < -0.4 is 10.1 Å². The van der Waals surface area contributed by atoms with E-state index >= 15 is 0 Å². The molecule has 0 atom stereocenters. The summed E-state index contributed by atoms with van der Waals surface area (Å²) in [5.41, 5.74) is 2.44. The molecule has 0 aliphatic heterocycles. The highest BCUT2D eigenvalue weighted by Gasteiger charge is 2.29. The Hall–Kier alpha value is -1.22. The van der Waals surface area contributed by atoms with Gasteiger partial charge in [0.15, 0.2) is 0 Å². The number of rotatable bonds is 6. The molecule has 0 heterocycles. The summed E-state index contributed by atoms with van der Waals surface area (Å²) in [4.78, 5) is 0. The minimum absolute atomic E-state index is 0.454. The molecule has 1 N–H and O–H groups in total. The number of nitrogens with one attached hydrogen (secondary N) is 1. The summed E-state index contributed by atoms with van der Waals surface area (Å²) in [6, 6.07) is 6.77. The van der Waals surface area contributed by atoms with E-state index in [1.165, 1.54) is 11.3 Å². The van der Waals surface area contributed by atoms with Crippen LogP contribution >= 0.6 is 0 Å². The minimum Gasteiger partial charge on any atom is -0.494 e. The van der Waals surface area contributed by atoms with Gasteiger partial charge in [-0.25, -0.2) is 0 Å². The standard InChI is InChI=1S/C15H23NO2/c1-4-17-13-6-7-15(11(3)8-13)16-12-9-14(10-12)18-5-2/h6-8,12,14,16H,4-5,9-10H2,1-3H3. The van der Waals surface area contributed by atoms with Crippen LogP contribution in [0.2, 0.25) is 0 Å². The SMILES string of the molecule is CCOc1ccc(NC2CC(OCC)C2)c(C)c1. The van der Waals surface area contributed by atoms with Crippen LogP contribution in [0.4, 0.5) is 5.69 Å². The molecule has 1 aliphatic rings. The second kappa shape index (κ2) is 6.10. The quantitative estimate of drug-likeness (QED) is 0.838. The number of benzene rings is 1. The third kappa shape index (κ3) is 3.16. The zero-order chi connectivity index (χ0) is 13.0. The maximum Gasteiger partial charge on any atom is 0.119 e. The second-order valence-electron chi connectivity index (χ2n) is 4.80. The Morgan fingerprint density at radius 3 is 2.61 bits per heavy atom. The van der Waals surface area contributed by atoms with Crippen molar-refractivity contribution in [3.05, 3.63) is 23.8 Å². The number of aryl methyl sites for hydroxylation is 1. The van der Waals surface area contributed by atoms with E-state index in [4.69, 9.17) is 9.47 Å². The van der Waals surface area contributed by atoms with Gasteiger partial charge in [0.25, 0.3) is 0 Å². The monoisotopic (exact) mass is 249 g/mol. The third-order valence-corrected chi connectivity index (χ3v) is 3.37. The van der Waals surface area contributed by atoms with Gasteiger partial charge in [-0.2, -0.15) is 0 Å². The largest absolute Gasteiger partial charge is 0.494 e. The van der Waals surface area contributed by atoms with Crippen LogP contribution in [-0.4, -0.2) is 25.4 Å². The fourth-order valence-corrected chi connectivity index (χ4v) is 2.33. The van der Waals surface area contributed by atoms with Gasteiger partial charge < -0.3 is 14.8 Å². The molecule has 0 spiro atoms. The number of hydrogen-bond acceptors (Lipinski definition) is 3. The molecule has 0 unspecified atom stereocenters. The Kier molecular flexibility index (Phi) is 4.48. The van der Waals surface area contributed by atoms with Crippen molar-refractivity contribution >= 4 is 5.69 Å². The Balaban J connectivity index is 1.87. The molecule has 2 rings (SSSR count). The second-order valence-corrected chi connectivity index (χ2v) is 4.80. The maximum absolute atomic E-state index is 5.57. The first-order chi connectivity index (χ1) is 8.72. The van der Waals surface area contributed by atoms with E-state index in [-0.39, 0.29) is 0 Å². The average Bonchev–Trinajstić information content (AvgIpc) is 2.29. The molecule has 0 saturated heterocycles. The molecule has 1 saturated carbocycles. The summed E-state index contributed by atoms with van der Waals surface area (Å²) < 4.78 is 11.1. The molecule has 1 aromatic carbocycles. The molecule has 3 nitrogen and oxygen atoms in total. The van der Waals surface area contributed by atoms with Crippen molar-refractivity contribution in [3.63, 3.8) is 0 Å². The van der Waals surface area contributed by atoms with E-state index in [2.05, 4.69) is 31.3 Å². The summed E-state index contributed by atoms with van der Waals surface area (Å²) in [6.45, 7) is 7.70. The minimum atomic E-state index is 0.454. The van der Waals surface area contributed by atoms with Gasteiger partial charge >= 0.3 is 0 Å². The van der Waals surface area contributed by atoms with Crippen molar-refractivity contribution in [1.29, 1.82) is 0 Å². The van der Waals surface area contributed by atoms with Crippen LogP contribution in [0.1, 0.15) is 32.3 Å². The Labute approximate surface area is 109 Å². The van der Waals surface area contributed by atoms with Gasteiger partial charge in [0.2, 0.25) is 0 Å². The number of hydrogen-bond donors (Lipinski definition) is 1. The fourth-order valence-electron chi connectivity index (χ4n) is 2.33. The lowest BCUT2D eigenvalue weighted by Gasteiger charge is -2.36. The summed E-state index contributed by atoms with van der Waals surface area (Å²) in [7, 11) is 0. The van der Waals surface area contributed by atoms with Crippen molar-refractivity contribution < 1.29 is 9.47 Å². The van der Waals surface area contributed by atoms with Crippen LogP contribution in [0.15, 0.2) is 18.2 Å². The fraction of sp³-hybridized carbons (Fsp3) is 0.600. The van der Waals surface area contributed by atoms with Crippen LogP contribution in [0.25, 0.3) is 0 Å². The van der Waals surface area contributed by atoms with Crippen LogP contribution in [-0.2, 0) is 4.74 Å². The molecule has 3 heteroatoms. The smallest absolute Gasteiger partial charge is 0.119 e. The van der Waals surface area contributed by atoms with E-state index < -0.39 is 0 Å². The van der Waals surface area contributed by atoms with Crippen LogP contribution in [0, 0.1) is 6.92 Å². The molecule has 0 radical (unpaired) electrons. The van der Waals surface area contributed by atoms with E-state index in [0.29, 0.717) is 18.8 Å². The summed E-state index contributed by atoms with van der Waals surface area (Å²) in [6.07, 6.45) is 2.68. The van der Waals surface area contributed by atoms with Crippen LogP contribution in [0.5, 0.6) is 5.75 Å². The van der Waals surface area contributed by atoms with Gasteiger partial charge in [0.1, 0.15) is 5.75 Å². The van der Waals surface area contributed by atoms with Crippen molar-refractivity contribution in [2.45, 2.75) is 45.8 Å². The normalized spacial score (nSPS) is 22.4.